The van der Waals surface area contributed by atoms with E-state index in [1.165, 1.54) is 4.57 Å². The van der Waals surface area contributed by atoms with Crippen LogP contribution in [0.25, 0.3) is 0 Å². The van der Waals surface area contributed by atoms with Crippen molar-refractivity contribution in [3.05, 3.63) is 89.0 Å². The highest BCUT2D eigenvalue weighted by molar-refractivity contribution is 6.09. The quantitative estimate of drug-likeness (QED) is 0.117. The third kappa shape index (κ3) is 9.06. The van der Waals surface area contributed by atoms with Gasteiger partial charge in [0.1, 0.15) is 23.2 Å². The number of carbonyl (C=O) groups is 1. The number of piperidine rings is 1. The number of aliphatic imine (C=N–C) groups is 1. The van der Waals surface area contributed by atoms with Gasteiger partial charge in [0, 0.05) is 25.2 Å². The first-order valence-corrected chi connectivity index (χ1v) is 17.5. The summed E-state index contributed by atoms with van der Waals surface area (Å²) in [5.74, 6) is 1.36. The molecule has 266 valence electrons. The number of amides is 2. The molecule has 2 heterocycles. The zero-order valence-electron chi connectivity index (χ0n) is 30.1. The molecule has 0 saturated carbocycles. The Morgan fingerprint density at radius 2 is 1.60 bits per heavy atom. The minimum atomic E-state index is -0.750. The van der Waals surface area contributed by atoms with Gasteiger partial charge in [-0.1, -0.05) is 62.7 Å². The molecule has 0 radical (unpaired) electrons. The van der Waals surface area contributed by atoms with Crippen LogP contribution in [0.5, 0.6) is 5.75 Å². The van der Waals surface area contributed by atoms with Gasteiger partial charge in [-0.15, -0.1) is 0 Å². The van der Waals surface area contributed by atoms with Gasteiger partial charge in [0.25, 0.3) is 0 Å². The van der Waals surface area contributed by atoms with Crippen molar-refractivity contribution in [1.82, 2.24) is 20.1 Å². The Labute approximate surface area is 295 Å². The van der Waals surface area contributed by atoms with E-state index in [-0.39, 0.29) is 47.4 Å². The fourth-order valence-corrected chi connectivity index (χ4v) is 6.51. The summed E-state index contributed by atoms with van der Waals surface area (Å²) in [4.78, 5) is 20.1. The summed E-state index contributed by atoms with van der Waals surface area (Å²) >= 11 is 0. The highest BCUT2D eigenvalue weighted by atomic mass is 16.5. The molecule has 11 nitrogen and oxygen atoms in total. The molecule has 2 atom stereocenters. The van der Waals surface area contributed by atoms with Crippen molar-refractivity contribution < 1.29 is 14.6 Å². The fraction of sp³-hybridized carbons (Fsp3) is 0.462. The average molecular weight is 681 g/mol. The number of pyridine rings is 1. The lowest BCUT2D eigenvalue weighted by Gasteiger charge is -2.38. The molecule has 1 saturated heterocycles. The Morgan fingerprint density at radius 3 is 2.24 bits per heavy atom. The van der Waals surface area contributed by atoms with Crippen LogP contribution < -0.4 is 20.9 Å². The molecule has 0 bridgehead atoms. The van der Waals surface area contributed by atoms with E-state index in [2.05, 4.69) is 10.6 Å². The molecule has 1 aliphatic heterocycles. The predicted octanol–water partition coefficient (Wildman–Crippen LogP) is 6.98. The summed E-state index contributed by atoms with van der Waals surface area (Å²) in [6.45, 7) is 12.9. The highest BCUT2D eigenvalue weighted by Gasteiger charge is 2.32. The minimum absolute atomic E-state index is 0.175. The molecule has 2 aliphatic rings. The van der Waals surface area contributed by atoms with Gasteiger partial charge in [-0.05, 0) is 93.2 Å². The Morgan fingerprint density at radius 1 is 0.940 bits per heavy atom. The van der Waals surface area contributed by atoms with Crippen LogP contribution in [0.4, 0.5) is 10.5 Å². The minimum Gasteiger partial charge on any atom is -0.484 e. The van der Waals surface area contributed by atoms with Gasteiger partial charge in [-0.2, -0.15) is 0 Å². The van der Waals surface area contributed by atoms with E-state index in [4.69, 9.17) is 26.0 Å². The van der Waals surface area contributed by atoms with Gasteiger partial charge in [0.2, 0.25) is 5.96 Å². The summed E-state index contributed by atoms with van der Waals surface area (Å²) in [7, 11) is 0. The first-order valence-electron chi connectivity index (χ1n) is 17.5. The van der Waals surface area contributed by atoms with E-state index >= 15 is 0 Å². The van der Waals surface area contributed by atoms with Crippen LogP contribution in [0, 0.1) is 34.5 Å². The van der Waals surface area contributed by atoms with Crippen molar-refractivity contribution in [2.75, 3.05) is 13.1 Å². The van der Waals surface area contributed by atoms with E-state index in [1.807, 2.05) is 95.0 Å². The van der Waals surface area contributed by atoms with E-state index < -0.39 is 5.60 Å². The number of hydrogen-bond donors (Lipinski definition) is 6. The summed E-state index contributed by atoms with van der Waals surface area (Å²) < 4.78 is 8.06. The number of nitrogens with one attached hydrogen (secondary N) is 5. The van der Waals surface area contributed by atoms with Crippen molar-refractivity contribution in [2.24, 2.45) is 16.3 Å². The summed E-state index contributed by atoms with van der Waals surface area (Å²) in [5.41, 5.74) is 3.30. The second kappa shape index (κ2) is 15.0. The van der Waals surface area contributed by atoms with Gasteiger partial charge in [0.15, 0.2) is 0 Å². The second-order valence-corrected chi connectivity index (χ2v) is 15.1. The lowest BCUT2D eigenvalue weighted by Crippen LogP contribution is -2.47. The molecule has 2 aromatic carbocycles. The Hall–Kier alpha value is -4.77. The molecule has 1 aromatic heterocycles. The monoisotopic (exact) mass is 680 g/mol. The van der Waals surface area contributed by atoms with Gasteiger partial charge in [-0.25, -0.2) is 9.79 Å². The number of aryl methyl sites for hydroxylation is 1. The number of benzene rings is 2. The summed E-state index contributed by atoms with van der Waals surface area (Å²) in [6, 6.07) is 18.4. The first kappa shape index (κ1) is 36.5. The number of ether oxygens (including phenoxy) is 1. The van der Waals surface area contributed by atoms with Crippen molar-refractivity contribution in [3.63, 3.8) is 0 Å². The van der Waals surface area contributed by atoms with E-state index in [9.17, 15) is 9.90 Å². The van der Waals surface area contributed by atoms with Gasteiger partial charge in [-0.3, -0.25) is 20.7 Å². The Bertz CT molecular complexity index is 1790. The first-order chi connectivity index (χ1) is 23.6. The Kier molecular flexibility index (Phi) is 11.0. The molecule has 2 unspecified atom stereocenters. The number of nitrogens with zero attached hydrogens (tertiary/aromatic N) is 3. The molecule has 11 heteroatoms. The zero-order valence-corrected chi connectivity index (χ0v) is 30.1. The van der Waals surface area contributed by atoms with Crippen LogP contribution >= 0.6 is 0 Å². The molecule has 2 amide bonds. The molecule has 3 aromatic rings. The van der Waals surface area contributed by atoms with Crippen LogP contribution in [0.1, 0.15) is 95.6 Å². The average Bonchev–Trinajstić information content (AvgIpc) is 3.06. The third-order valence-corrected chi connectivity index (χ3v) is 9.77. The second-order valence-electron chi connectivity index (χ2n) is 15.1. The lowest BCUT2D eigenvalue weighted by atomic mass is 9.83. The predicted molar refractivity (Wildman–Crippen MR) is 198 cm³/mol. The maximum Gasteiger partial charge on any atom is 0.320 e. The molecular formula is C39H52N8O3. The summed E-state index contributed by atoms with van der Waals surface area (Å²) in [6.07, 6.45) is 4.49. The standard InChI is InChI=1S/C39H52N8O3/c1-25-11-13-27(14-12-25)43-35(23-33(40)38(2,3)4)45-37(48)44-31-16-17-32(30-10-8-7-9-29(30)31)50-28-15-18-34(41)47(24-28)36(42)46-21-19-26(20-22-46)39(5,6)49/h7-15,18,24,26,31-32,40-42,49H,16-17,19-23H2,1-6H3,(H2,43,44,45,48). The van der Waals surface area contributed by atoms with E-state index in [1.54, 1.807) is 18.3 Å². The van der Waals surface area contributed by atoms with Crippen molar-refractivity contribution in [2.45, 2.75) is 91.4 Å². The number of aliphatic hydroxyl groups is 1. The van der Waals surface area contributed by atoms with Crippen molar-refractivity contribution in [1.29, 1.82) is 16.2 Å². The number of likely N-dealkylation sites (tertiary alicyclic amines) is 1. The number of aromatic nitrogens is 1. The van der Waals surface area contributed by atoms with Crippen LogP contribution in [0.15, 0.2) is 71.9 Å². The topological polar surface area (TPSA) is 163 Å². The van der Waals surface area contributed by atoms with Crippen molar-refractivity contribution in [3.8, 4) is 5.75 Å². The molecular weight excluding hydrogens is 628 g/mol. The zero-order chi connectivity index (χ0) is 36.2. The van der Waals surface area contributed by atoms with Crippen LogP contribution in [-0.2, 0) is 0 Å². The van der Waals surface area contributed by atoms with Crippen LogP contribution in [0.3, 0.4) is 0 Å². The third-order valence-electron chi connectivity index (χ3n) is 9.77. The van der Waals surface area contributed by atoms with Gasteiger partial charge >= 0.3 is 6.03 Å². The molecule has 6 N–H and O–H groups in total. The van der Waals surface area contributed by atoms with Gasteiger partial charge < -0.3 is 25.5 Å². The number of fused-ring (bicyclic) bond motifs is 1. The molecule has 1 fully saturated rings. The number of amidine groups is 1. The Balaban J connectivity index is 1.28. The van der Waals surface area contributed by atoms with E-state index in [0.29, 0.717) is 48.9 Å². The molecule has 1 aliphatic carbocycles. The SMILES string of the molecule is Cc1ccc(N=C(CC(=N)C(C)(C)C)NC(=O)NC2CCC(Oc3ccc(=N)n(C(=N)N4CCC(C(C)(C)O)CC4)c3)c3ccccc32)cc1. The van der Waals surface area contributed by atoms with Crippen LogP contribution in [0.2, 0.25) is 0 Å². The molecule has 50 heavy (non-hydrogen) atoms. The normalized spacial score (nSPS) is 18.6. The number of rotatable bonds is 7. The molecule has 5 rings (SSSR count). The molecule has 0 spiro atoms. The van der Waals surface area contributed by atoms with E-state index in [0.717, 1.165) is 29.5 Å². The van der Waals surface area contributed by atoms with Gasteiger partial charge in [0.05, 0.1) is 23.5 Å². The summed E-state index contributed by atoms with van der Waals surface area (Å²) in [5, 5.41) is 42.5. The maximum absolute atomic E-state index is 13.4. The number of hydrogen-bond acceptors (Lipinski definition) is 7. The lowest BCUT2D eigenvalue weighted by molar-refractivity contribution is -0.00535. The van der Waals surface area contributed by atoms with Crippen molar-refractivity contribution >= 4 is 29.2 Å². The maximum atomic E-state index is 13.4. The fourth-order valence-electron chi connectivity index (χ4n) is 6.51. The van der Waals surface area contributed by atoms with Crippen LogP contribution in [-0.4, -0.2) is 56.8 Å². The largest absolute Gasteiger partial charge is 0.484 e. The number of urea groups is 1. The highest BCUT2D eigenvalue weighted by Crippen LogP contribution is 2.38. The number of carbonyl (C=O) groups excluding carboxylic acids is 1. The smallest absolute Gasteiger partial charge is 0.320 e.